The van der Waals surface area contributed by atoms with Crippen molar-refractivity contribution in [1.29, 1.82) is 0 Å². The Morgan fingerprint density at radius 1 is 1.21 bits per heavy atom. The van der Waals surface area contributed by atoms with E-state index in [1.807, 2.05) is 49.1 Å². The quantitative estimate of drug-likeness (QED) is 0.617. The van der Waals surface area contributed by atoms with Crippen LogP contribution in [0, 0.1) is 0 Å². The lowest BCUT2D eigenvalue weighted by Gasteiger charge is -1.96. The molecule has 0 spiro atoms. The van der Waals surface area contributed by atoms with Gasteiger partial charge in [-0.3, -0.25) is 4.40 Å². The predicted molar refractivity (Wildman–Crippen MR) is 55.0 cm³/mol. The van der Waals surface area contributed by atoms with Crippen molar-refractivity contribution in [3.8, 4) is 11.4 Å². The molecule has 0 saturated heterocycles. The van der Waals surface area contributed by atoms with Gasteiger partial charge < -0.3 is 4.98 Å². The van der Waals surface area contributed by atoms with Crippen LogP contribution in [0.1, 0.15) is 0 Å². The van der Waals surface area contributed by atoms with E-state index in [1.165, 1.54) is 0 Å². The summed E-state index contributed by atoms with van der Waals surface area (Å²) in [4.78, 5) is 7.41. The van der Waals surface area contributed by atoms with Crippen LogP contribution < -0.4 is 0 Å². The maximum atomic E-state index is 4.38. The van der Waals surface area contributed by atoms with Crippen molar-refractivity contribution < 1.29 is 0 Å². The third-order valence-corrected chi connectivity index (χ3v) is 2.29. The smallest absolute Gasteiger partial charge is 0.146 e. The van der Waals surface area contributed by atoms with Crippen molar-refractivity contribution in [3.05, 3.63) is 49.1 Å². The molecule has 14 heavy (non-hydrogen) atoms. The lowest BCUT2D eigenvalue weighted by molar-refractivity contribution is 1.16. The first kappa shape index (κ1) is 7.38. The first-order chi connectivity index (χ1) is 6.95. The molecule has 68 valence electrons. The van der Waals surface area contributed by atoms with E-state index in [0.717, 1.165) is 16.9 Å². The Morgan fingerprint density at radius 3 is 3.07 bits per heavy atom. The molecule has 0 radical (unpaired) electrons. The number of H-pyrrole nitrogens is 1. The average molecular weight is 183 g/mol. The SMILES string of the molecule is c1ccn2c(-c3cc[nH]c3)ncc2c1. The van der Waals surface area contributed by atoms with Gasteiger partial charge in [-0.05, 0) is 18.2 Å². The summed E-state index contributed by atoms with van der Waals surface area (Å²) in [5.41, 5.74) is 2.22. The van der Waals surface area contributed by atoms with Crippen molar-refractivity contribution in [2.75, 3.05) is 0 Å². The molecule has 0 atom stereocenters. The number of nitrogens with zero attached hydrogens (tertiary/aromatic N) is 2. The first-order valence-corrected chi connectivity index (χ1v) is 4.50. The second-order valence-corrected chi connectivity index (χ2v) is 3.18. The molecule has 0 aromatic carbocycles. The molecule has 3 heterocycles. The van der Waals surface area contributed by atoms with Crippen LogP contribution in [-0.4, -0.2) is 14.4 Å². The lowest BCUT2D eigenvalue weighted by atomic mass is 10.3. The van der Waals surface area contributed by atoms with Crippen LogP contribution >= 0.6 is 0 Å². The van der Waals surface area contributed by atoms with Gasteiger partial charge in [0.25, 0.3) is 0 Å². The molecule has 3 nitrogen and oxygen atoms in total. The predicted octanol–water partition coefficient (Wildman–Crippen LogP) is 2.33. The van der Waals surface area contributed by atoms with Gasteiger partial charge >= 0.3 is 0 Å². The van der Waals surface area contributed by atoms with Gasteiger partial charge in [-0.25, -0.2) is 4.98 Å². The highest BCUT2D eigenvalue weighted by molar-refractivity contribution is 5.61. The number of hydrogen-bond acceptors (Lipinski definition) is 1. The zero-order valence-corrected chi connectivity index (χ0v) is 7.51. The molecule has 1 N–H and O–H groups in total. The number of imidazole rings is 1. The number of pyridine rings is 1. The summed E-state index contributed by atoms with van der Waals surface area (Å²) >= 11 is 0. The third-order valence-electron chi connectivity index (χ3n) is 2.29. The zero-order chi connectivity index (χ0) is 9.38. The van der Waals surface area contributed by atoms with E-state index >= 15 is 0 Å². The summed E-state index contributed by atoms with van der Waals surface area (Å²) in [5.74, 6) is 0.974. The fourth-order valence-corrected chi connectivity index (χ4v) is 1.62. The summed E-state index contributed by atoms with van der Waals surface area (Å²) in [6, 6.07) is 8.08. The van der Waals surface area contributed by atoms with E-state index in [9.17, 15) is 0 Å². The zero-order valence-electron chi connectivity index (χ0n) is 7.51. The highest BCUT2D eigenvalue weighted by Gasteiger charge is 2.04. The lowest BCUT2D eigenvalue weighted by Crippen LogP contribution is -1.86. The van der Waals surface area contributed by atoms with Crippen LogP contribution in [0.15, 0.2) is 49.1 Å². The maximum Gasteiger partial charge on any atom is 0.146 e. The minimum Gasteiger partial charge on any atom is -0.367 e. The van der Waals surface area contributed by atoms with Gasteiger partial charge in [0.15, 0.2) is 0 Å². The molecule has 3 rings (SSSR count). The molecule has 0 aliphatic carbocycles. The highest BCUT2D eigenvalue weighted by Crippen LogP contribution is 2.18. The van der Waals surface area contributed by atoms with E-state index in [0.29, 0.717) is 0 Å². The number of hydrogen-bond donors (Lipinski definition) is 1. The Balaban J connectivity index is 2.33. The van der Waals surface area contributed by atoms with E-state index in [-0.39, 0.29) is 0 Å². The Hall–Kier alpha value is -2.03. The topological polar surface area (TPSA) is 33.1 Å². The minimum absolute atomic E-state index is 0.974. The number of fused-ring (bicyclic) bond motifs is 1. The second kappa shape index (κ2) is 2.73. The molecule has 0 unspecified atom stereocenters. The molecule has 3 aromatic heterocycles. The third kappa shape index (κ3) is 0.956. The van der Waals surface area contributed by atoms with Crippen molar-refractivity contribution in [1.82, 2.24) is 14.4 Å². The van der Waals surface area contributed by atoms with Gasteiger partial charge in [0.05, 0.1) is 11.7 Å². The largest absolute Gasteiger partial charge is 0.367 e. The normalized spacial score (nSPS) is 10.9. The second-order valence-electron chi connectivity index (χ2n) is 3.18. The monoisotopic (exact) mass is 183 g/mol. The van der Waals surface area contributed by atoms with Crippen molar-refractivity contribution in [2.24, 2.45) is 0 Å². The Kier molecular flexibility index (Phi) is 1.44. The molecule has 3 aromatic rings. The molecule has 0 bridgehead atoms. The number of rotatable bonds is 1. The highest BCUT2D eigenvalue weighted by atomic mass is 15.0. The summed E-state index contributed by atoms with van der Waals surface area (Å²) in [7, 11) is 0. The van der Waals surface area contributed by atoms with Crippen molar-refractivity contribution in [2.45, 2.75) is 0 Å². The van der Waals surface area contributed by atoms with E-state index in [2.05, 4.69) is 14.4 Å². The van der Waals surface area contributed by atoms with Crippen molar-refractivity contribution in [3.63, 3.8) is 0 Å². The summed E-state index contributed by atoms with van der Waals surface area (Å²) in [6.45, 7) is 0. The van der Waals surface area contributed by atoms with Crippen LogP contribution in [0.3, 0.4) is 0 Å². The number of nitrogens with one attached hydrogen (secondary N) is 1. The molecule has 0 aliphatic heterocycles. The molecule has 0 saturated carbocycles. The van der Waals surface area contributed by atoms with E-state index < -0.39 is 0 Å². The number of aromatic nitrogens is 3. The Bertz CT molecular complexity index is 549. The van der Waals surface area contributed by atoms with Gasteiger partial charge in [0.2, 0.25) is 0 Å². The fraction of sp³-hybridized carbons (Fsp3) is 0. The van der Waals surface area contributed by atoms with Crippen LogP contribution in [0.25, 0.3) is 16.9 Å². The number of aromatic amines is 1. The van der Waals surface area contributed by atoms with E-state index in [1.54, 1.807) is 0 Å². The fourth-order valence-electron chi connectivity index (χ4n) is 1.62. The van der Waals surface area contributed by atoms with Crippen LogP contribution in [0.2, 0.25) is 0 Å². The summed E-state index contributed by atoms with van der Waals surface area (Å²) in [5, 5.41) is 0. The maximum absolute atomic E-state index is 4.38. The summed E-state index contributed by atoms with van der Waals surface area (Å²) < 4.78 is 2.07. The molecular weight excluding hydrogens is 174 g/mol. The molecule has 0 fully saturated rings. The Morgan fingerprint density at radius 2 is 2.21 bits per heavy atom. The Labute approximate surface area is 81.0 Å². The molecule has 0 aliphatic rings. The van der Waals surface area contributed by atoms with Gasteiger partial charge in [0, 0.05) is 24.2 Å². The van der Waals surface area contributed by atoms with E-state index in [4.69, 9.17) is 0 Å². The molecule has 3 heteroatoms. The standard InChI is InChI=1S/C11H9N3/c1-2-6-14-10(3-1)8-13-11(14)9-4-5-12-7-9/h1-8,12H. The molecular formula is C11H9N3. The van der Waals surface area contributed by atoms with Gasteiger partial charge in [-0.2, -0.15) is 0 Å². The minimum atomic E-state index is 0.974. The van der Waals surface area contributed by atoms with Crippen LogP contribution in [0.5, 0.6) is 0 Å². The van der Waals surface area contributed by atoms with Gasteiger partial charge in [0.1, 0.15) is 5.82 Å². The first-order valence-electron chi connectivity index (χ1n) is 4.50. The van der Waals surface area contributed by atoms with Crippen LogP contribution in [0.4, 0.5) is 0 Å². The van der Waals surface area contributed by atoms with Gasteiger partial charge in [-0.1, -0.05) is 6.07 Å². The van der Waals surface area contributed by atoms with Gasteiger partial charge in [-0.15, -0.1) is 0 Å². The molecule has 0 amide bonds. The van der Waals surface area contributed by atoms with Crippen molar-refractivity contribution >= 4 is 5.52 Å². The van der Waals surface area contributed by atoms with Crippen LogP contribution in [-0.2, 0) is 0 Å². The summed E-state index contributed by atoms with van der Waals surface area (Å²) in [6.07, 6.45) is 7.74. The average Bonchev–Trinajstić information content (AvgIpc) is 2.85.